The van der Waals surface area contributed by atoms with E-state index < -0.39 is 0 Å². The van der Waals surface area contributed by atoms with Crippen LogP contribution in [0.2, 0.25) is 5.02 Å². The van der Waals surface area contributed by atoms with Crippen molar-refractivity contribution < 1.29 is 9.53 Å². The molecule has 1 amide bonds. The molecule has 0 bridgehead atoms. The number of hydrogen-bond donors (Lipinski definition) is 2. The molecule has 5 nitrogen and oxygen atoms in total. The van der Waals surface area contributed by atoms with Crippen LogP contribution in [0.1, 0.15) is 13.8 Å². The number of nitrogens with one attached hydrogen (secondary N) is 1. The fourth-order valence-electron chi connectivity index (χ4n) is 1.62. The van der Waals surface area contributed by atoms with Crippen molar-refractivity contribution in [2.45, 2.75) is 19.9 Å². The Balaban J connectivity index is 2.58. The molecular weight excluding hydrogens is 278 g/mol. The Labute approximate surface area is 125 Å². The van der Waals surface area contributed by atoms with Crippen LogP contribution in [0, 0.1) is 0 Å². The molecule has 6 heteroatoms. The summed E-state index contributed by atoms with van der Waals surface area (Å²) in [5.41, 5.74) is 6.83. The molecule has 1 rings (SSSR count). The number of rotatable bonds is 7. The maximum Gasteiger partial charge on any atom is 0.241 e. The molecule has 0 saturated heterocycles. The van der Waals surface area contributed by atoms with E-state index in [2.05, 4.69) is 5.32 Å². The second kappa shape index (κ2) is 8.09. The molecule has 1 unspecified atom stereocenters. The van der Waals surface area contributed by atoms with Crippen molar-refractivity contribution in [1.82, 2.24) is 4.90 Å². The molecule has 0 heterocycles. The van der Waals surface area contributed by atoms with Crippen LogP contribution >= 0.6 is 11.6 Å². The molecule has 20 heavy (non-hydrogen) atoms. The number of halogens is 1. The minimum absolute atomic E-state index is 0.127. The summed E-state index contributed by atoms with van der Waals surface area (Å²) in [6, 6.07) is 4.71. The minimum Gasteiger partial charge on any atom is -0.397 e. The number of carbonyl (C=O) groups is 1. The summed E-state index contributed by atoms with van der Waals surface area (Å²) in [5.74, 6) is -0.127. The number of likely N-dealkylation sites (N-methyl/N-ethyl adjacent to an activating group) is 1. The molecule has 1 aromatic rings. The normalized spacial score (nSPS) is 12.4. The van der Waals surface area contributed by atoms with E-state index in [1.54, 1.807) is 18.2 Å². The molecule has 0 aliphatic rings. The van der Waals surface area contributed by atoms with Gasteiger partial charge in [-0.3, -0.25) is 9.69 Å². The van der Waals surface area contributed by atoms with Gasteiger partial charge in [-0.1, -0.05) is 11.6 Å². The molecule has 0 radical (unpaired) electrons. The van der Waals surface area contributed by atoms with Crippen LogP contribution in [-0.4, -0.2) is 43.7 Å². The van der Waals surface area contributed by atoms with E-state index in [1.807, 2.05) is 25.8 Å². The molecule has 0 aromatic heterocycles. The monoisotopic (exact) mass is 299 g/mol. The van der Waals surface area contributed by atoms with Gasteiger partial charge in [-0.25, -0.2) is 0 Å². The van der Waals surface area contributed by atoms with Gasteiger partial charge in [0.25, 0.3) is 0 Å². The van der Waals surface area contributed by atoms with Gasteiger partial charge >= 0.3 is 0 Å². The van der Waals surface area contributed by atoms with Crippen LogP contribution in [0.15, 0.2) is 18.2 Å². The van der Waals surface area contributed by atoms with Crippen molar-refractivity contribution in [2.24, 2.45) is 0 Å². The number of benzene rings is 1. The smallest absolute Gasteiger partial charge is 0.241 e. The second-order valence-electron chi connectivity index (χ2n) is 4.57. The van der Waals surface area contributed by atoms with Gasteiger partial charge in [0, 0.05) is 18.2 Å². The predicted molar refractivity (Wildman–Crippen MR) is 83.1 cm³/mol. The fourth-order valence-corrected chi connectivity index (χ4v) is 1.79. The largest absolute Gasteiger partial charge is 0.397 e. The Morgan fingerprint density at radius 1 is 1.55 bits per heavy atom. The van der Waals surface area contributed by atoms with E-state index >= 15 is 0 Å². The zero-order valence-electron chi connectivity index (χ0n) is 12.1. The highest BCUT2D eigenvalue weighted by Crippen LogP contribution is 2.23. The van der Waals surface area contributed by atoms with Gasteiger partial charge in [0.1, 0.15) is 0 Å². The van der Waals surface area contributed by atoms with E-state index in [4.69, 9.17) is 22.1 Å². The molecule has 1 atom stereocenters. The first-order chi connectivity index (χ1) is 9.45. The lowest BCUT2D eigenvalue weighted by molar-refractivity contribution is -0.120. The van der Waals surface area contributed by atoms with Crippen LogP contribution in [0.25, 0.3) is 0 Å². The number of hydrogen-bond acceptors (Lipinski definition) is 4. The number of ether oxygens (including phenoxy) is 1. The summed E-state index contributed by atoms with van der Waals surface area (Å²) >= 11 is 5.89. The van der Waals surface area contributed by atoms with Crippen LogP contribution in [-0.2, 0) is 9.53 Å². The summed E-state index contributed by atoms with van der Waals surface area (Å²) in [5, 5.41) is 3.33. The van der Waals surface area contributed by atoms with Gasteiger partial charge in [-0.2, -0.15) is 0 Å². The molecule has 1 aromatic carbocycles. The molecule has 0 fully saturated rings. The first kappa shape index (κ1) is 16.8. The van der Waals surface area contributed by atoms with Gasteiger partial charge in [0.2, 0.25) is 5.91 Å². The average Bonchev–Trinajstić information content (AvgIpc) is 2.42. The summed E-state index contributed by atoms with van der Waals surface area (Å²) < 4.78 is 5.28. The molecule has 0 saturated carbocycles. The molecule has 112 valence electrons. The van der Waals surface area contributed by atoms with Gasteiger partial charge in [-0.15, -0.1) is 0 Å². The lowest BCUT2D eigenvalue weighted by Crippen LogP contribution is -2.41. The summed E-state index contributed by atoms with van der Waals surface area (Å²) in [6.45, 7) is 5.74. The maximum absolute atomic E-state index is 12.2. The Kier molecular flexibility index (Phi) is 6.78. The van der Waals surface area contributed by atoms with Crippen molar-refractivity contribution in [3.05, 3.63) is 23.2 Å². The number of nitrogens with two attached hydrogens (primary N) is 1. The minimum atomic E-state index is -0.283. The van der Waals surface area contributed by atoms with Gasteiger partial charge < -0.3 is 15.8 Å². The number of nitrogen functional groups attached to an aromatic ring is 1. The highest BCUT2D eigenvalue weighted by molar-refractivity contribution is 6.31. The van der Waals surface area contributed by atoms with Crippen molar-refractivity contribution in [3.63, 3.8) is 0 Å². The molecule has 0 aliphatic carbocycles. The summed E-state index contributed by atoms with van der Waals surface area (Å²) in [6.07, 6.45) is 0. The van der Waals surface area contributed by atoms with Gasteiger partial charge in [0.15, 0.2) is 0 Å². The highest BCUT2D eigenvalue weighted by atomic mass is 35.5. The van der Waals surface area contributed by atoms with E-state index in [0.29, 0.717) is 36.2 Å². The van der Waals surface area contributed by atoms with Crippen LogP contribution in [0.5, 0.6) is 0 Å². The molecule has 3 N–H and O–H groups in total. The van der Waals surface area contributed by atoms with Crippen molar-refractivity contribution in [2.75, 3.05) is 37.9 Å². The third kappa shape index (κ3) is 5.00. The Morgan fingerprint density at radius 3 is 2.90 bits per heavy atom. The Bertz CT molecular complexity index is 454. The zero-order valence-corrected chi connectivity index (χ0v) is 12.9. The second-order valence-corrected chi connectivity index (χ2v) is 5.01. The summed E-state index contributed by atoms with van der Waals surface area (Å²) in [7, 11) is 1.88. The standard InChI is InChI=1S/C14H22ClN3O2/c1-4-20-8-7-18(3)10(2)14(19)17-13-9-11(15)5-6-12(13)16/h5-6,9-10H,4,7-8,16H2,1-3H3,(H,17,19). The van der Waals surface area contributed by atoms with Gasteiger partial charge in [-0.05, 0) is 39.1 Å². The third-order valence-corrected chi connectivity index (χ3v) is 3.34. The zero-order chi connectivity index (χ0) is 15.1. The maximum atomic E-state index is 12.2. The van der Waals surface area contributed by atoms with Crippen molar-refractivity contribution in [1.29, 1.82) is 0 Å². The Hall–Kier alpha value is -1.30. The lowest BCUT2D eigenvalue weighted by Gasteiger charge is -2.24. The van der Waals surface area contributed by atoms with Crippen LogP contribution < -0.4 is 11.1 Å². The lowest BCUT2D eigenvalue weighted by atomic mass is 10.2. The molecule has 0 aliphatic heterocycles. The number of nitrogens with zero attached hydrogens (tertiary/aromatic N) is 1. The number of carbonyl (C=O) groups excluding carboxylic acids is 1. The van der Waals surface area contributed by atoms with Crippen molar-refractivity contribution in [3.8, 4) is 0 Å². The highest BCUT2D eigenvalue weighted by Gasteiger charge is 2.18. The molecular formula is C14H22ClN3O2. The van der Waals surface area contributed by atoms with E-state index in [1.165, 1.54) is 0 Å². The topological polar surface area (TPSA) is 67.6 Å². The van der Waals surface area contributed by atoms with E-state index in [9.17, 15) is 4.79 Å². The van der Waals surface area contributed by atoms with E-state index in [0.717, 1.165) is 0 Å². The Morgan fingerprint density at radius 2 is 2.25 bits per heavy atom. The number of amides is 1. The first-order valence-corrected chi connectivity index (χ1v) is 6.97. The SMILES string of the molecule is CCOCCN(C)C(C)C(=O)Nc1cc(Cl)ccc1N. The third-order valence-electron chi connectivity index (χ3n) is 3.11. The number of anilines is 2. The predicted octanol–water partition coefficient (Wildman–Crippen LogP) is 2.22. The van der Waals surface area contributed by atoms with Crippen LogP contribution in [0.4, 0.5) is 11.4 Å². The quantitative estimate of drug-likeness (QED) is 0.598. The summed E-state index contributed by atoms with van der Waals surface area (Å²) in [4.78, 5) is 14.1. The molecule has 0 spiro atoms. The van der Waals surface area contributed by atoms with Crippen molar-refractivity contribution >= 4 is 28.9 Å². The average molecular weight is 300 g/mol. The first-order valence-electron chi connectivity index (χ1n) is 6.59. The fraction of sp³-hybridized carbons (Fsp3) is 0.500. The van der Waals surface area contributed by atoms with Crippen LogP contribution in [0.3, 0.4) is 0 Å². The van der Waals surface area contributed by atoms with E-state index in [-0.39, 0.29) is 11.9 Å². The van der Waals surface area contributed by atoms with Gasteiger partial charge in [0.05, 0.1) is 24.0 Å².